The van der Waals surface area contributed by atoms with E-state index in [0.717, 1.165) is 18.6 Å². The van der Waals surface area contributed by atoms with Crippen LogP contribution in [-0.2, 0) is 22.2 Å². The molecule has 1 aliphatic rings. The van der Waals surface area contributed by atoms with Crippen LogP contribution in [0.25, 0.3) is 11.1 Å². The number of halogens is 3. The molecule has 0 saturated carbocycles. The van der Waals surface area contributed by atoms with Gasteiger partial charge >= 0.3 is 6.18 Å². The Morgan fingerprint density at radius 2 is 2.12 bits per heavy atom. The van der Waals surface area contributed by atoms with Crippen molar-refractivity contribution in [2.24, 2.45) is 0 Å². The summed E-state index contributed by atoms with van der Waals surface area (Å²) in [6.07, 6.45) is -3.45. The molecule has 2 atom stereocenters. The number of benzene rings is 1. The van der Waals surface area contributed by atoms with Crippen molar-refractivity contribution in [2.75, 3.05) is 27.4 Å². The number of methoxy groups -OCH3 is 2. The van der Waals surface area contributed by atoms with E-state index < -0.39 is 11.7 Å². The second kappa shape index (κ2) is 6.70. The summed E-state index contributed by atoms with van der Waals surface area (Å²) in [6.45, 7) is 1.67. The fourth-order valence-corrected chi connectivity index (χ4v) is 3.06. The standard InChI is InChI=1S/C16H19F3N2O3/c1-22-9-11-6-12(23-2)7-21(11)8-15-20-13-5-10(16(17,18)19)3-4-14(13)24-15/h3-5,11-12H,6-9H2,1-2H3/t11-,12+/m0/s1. The molecule has 2 aromatic rings. The van der Waals surface area contributed by atoms with Gasteiger partial charge in [-0.3, -0.25) is 4.90 Å². The van der Waals surface area contributed by atoms with E-state index in [2.05, 4.69) is 9.88 Å². The normalized spacial score (nSPS) is 22.5. The SMILES string of the molecule is COC[C@@H]1C[C@@H](OC)CN1Cc1nc2cc(C(F)(F)F)ccc2o1. The fraction of sp³-hybridized carbons (Fsp3) is 0.562. The van der Waals surface area contributed by atoms with Crippen molar-refractivity contribution in [3.05, 3.63) is 29.7 Å². The largest absolute Gasteiger partial charge is 0.439 e. The molecule has 0 N–H and O–H groups in total. The Hall–Kier alpha value is -1.64. The number of nitrogens with zero attached hydrogens (tertiary/aromatic N) is 2. The van der Waals surface area contributed by atoms with Crippen molar-refractivity contribution in [3.63, 3.8) is 0 Å². The fourth-order valence-electron chi connectivity index (χ4n) is 3.06. The molecule has 1 saturated heterocycles. The van der Waals surface area contributed by atoms with Gasteiger partial charge in [0.2, 0.25) is 5.89 Å². The third kappa shape index (κ3) is 3.55. The number of alkyl halides is 3. The van der Waals surface area contributed by atoms with E-state index in [-0.39, 0.29) is 17.7 Å². The number of aromatic nitrogens is 1. The van der Waals surface area contributed by atoms with Crippen LogP contribution in [0.5, 0.6) is 0 Å². The third-order valence-corrected chi connectivity index (χ3v) is 4.28. The number of hydrogen-bond acceptors (Lipinski definition) is 5. The maximum Gasteiger partial charge on any atom is 0.416 e. The molecule has 8 heteroatoms. The summed E-state index contributed by atoms with van der Waals surface area (Å²) in [5.74, 6) is 0.391. The quantitative estimate of drug-likeness (QED) is 0.834. The van der Waals surface area contributed by atoms with Gasteiger partial charge in [-0.2, -0.15) is 13.2 Å². The Morgan fingerprint density at radius 1 is 1.33 bits per heavy atom. The van der Waals surface area contributed by atoms with E-state index in [0.29, 0.717) is 31.2 Å². The maximum absolute atomic E-state index is 12.8. The molecule has 132 valence electrons. The molecule has 0 unspecified atom stereocenters. The molecule has 3 rings (SSSR count). The first-order chi connectivity index (χ1) is 11.4. The van der Waals surface area contributed by atoms with Crippen molar-refractivity contribution >= 4 is 11.1 Å². The lowest BCUT2D eigenvalue weighted by Gasteiger charge is -2.21. The van der Waals surface area contributed by atoms with Crippen LogP contribution >= 0.6 is 0 Å². The van der Waals surface area contributed by atoms with Crippen LogP contribution in [-0.4, -0.2) is 49.4 Å². The minimum absolute atomic E-state index is 0.103. The zero-order valence-corrected chi connectivity index (χ0v) is 13.5. The first-order valence-corrected chi connectivity index (χ1v) is 7.63. The van der Waals surface area contributed by atoms with Crippen LogP contribution in [0.1, 0.15) is 17.9 Å². The lowest BCUT2D eigenvalue weighted by atomic mass is 10.2. The molecule has 1 aliphatic heterocycles. The van der Waals surface area contributed by atoms with Crippen molar-refractivity contribution in [2.45, 2.75) is 31.3 Å². The highest BCUT2D eigenvalue weighted by atomic mass is 19.4. The van der Waals surface area contributed by atoms with E-state index in [9.17, 15) is 13.2 Å². The Morgan fingerprint density at radius 3 is 2.79 bits per heavy atom. The third-order valence-electron chi connectivity index (χ3n) is 4.28. The van der Waals surface area contributed by atoms with Crippen LogP contribution in [0.15, 0.2) is 22.6 Å². The molecule has 1 aromatic carbocycles. The maximum atomic E-state index is 12.8. The predicted molar refractivity (Wildman–Crippen MR) is 80.5 cm³/mol. The van der Waals surface area contributed by atoms with Crippen LogP contribution in [0, 0.1) is 0 Å². The van der Waals surface area contributed by atoms with Gasteiger partial charge in [-0.05, 0) is 24.6 Å². The Balaban J connectivity index is 1.79. The Kier molecular flexibility index (Phi) is 4.80. The van der Waals surface area contributed by atoms with Gasteiger partial charge in [-0.25, -0.2) is 4.98 Å². The van der Waals surface area contributed by atoms with Gasteiger partial charge in [0.1, 0.15) is 5.52 Å². The van der Waals surface area contributed by atoms with Crippen LogP contribution in [0.4, 0.5) is 13.2 Å². The van der Waals surface area contributed by atoms with Crippen LogP contribution < -0.4 is 0 Å². The monoisotopic (exact) mass is 344 g/mol. The molecular formula is C16H19F3N2O3. The van der Waals surface area contributed by atoms with Gasteiger partial charge in [0.05, 0.1) is 24.8 Å². The number of ether oxygens (including phenoxy) is 2. The number of fused-ring (bicyclic) bond motifs is 1. The molecule has 0 amide bonds. The van der Waals surface area contributed by atoms with Crippen molar-refractivity contribution in [1.29, 1.82) is 0 Å². The predicted octanol–water partition coefficient (Wildman–Crippen LogP) is 3.08. The average Bonchev–Trinajstić information content (AvgIpc) is 3.09. The number of hydrogen-bond donors (Lipinski definition) is 0. The average molecular weight is 344 g/mol. The van der Waals surface area contributed by atoms with Gasteiger partial charge in [0.15, 0.2) is 5.58 Å². The summed E-state index contributed by atoms with van der Waals surface area (Å²) in [5.41, 5.74) is -0.165. The first-order valence-electron chi connectivity index (χ1n) is 7.63. The first kappa shape index (κ1) is 17.2. The molecule has 0 radical (unpaired) electrons. The van der Waals surface area contributed by atoms with E-state index in [1.807, 2.05) is 0 Å². The summed E-state index contributed by atoms with van der Waals surface area (Å²) in [5, 5.41) is 0. The molecular weight excluding hydrogens is 325 g/mol. The molecule has 5 nitrogen and oxygen atoms in total. The minimum Gasteiger partial charge on any atom is -0.439 e. The molecule has 1 aromatic heterocycles. The molecule has 0 spiro atoms. The van der Waals surface area contributed by atoms with Crippen LogP contribution in [0.2, 0.25) is 0 Å². The highest BCUT2D eigenvalue weighted by molar-refractivity contribution is 5.73. The minimum atomic E-state index is -4.39. The highest BCUT2D eigenvalue weighted by Crippen LogP contribution is 2.32. The Labute approximate surface area is 137 Å². The van der Waals surface area contributed by atoms with Crippen molar-refractivity contribution in [3.8, 4) is 0 Å². The van der Waals surface area contributed by atoms with E-state index >= 15 is 0 Å². The number of rotatable bonds is 5. The summed E-state index contributed by atoms with van der Waals surface area (Å²) < 4.78 is 54.5. The summed E-state index contributed by atoms with van der Waals surface area (Å²) in [7, 11) is 3.30. The van der Waals surface area contributed by atoms with E-state index in [1.165, 1.54) is 6.07 Å². The van der Waals surface area contributed by atoms with Gasteiger partial charge in [-0.15, -0.1) is 0 Å². The molecule has 2 heterocycles. The lowest BCUT2D eigenvalue weighted by molar-refractivity contribution is -0.137. The highest BCUT2D eigenvalue weighted by Gasteiger charge is 2.33. The number of likely N-dealkylation sites (tertiary alicyclic amines) is 1. The number of oxazole rings is 1. The molecule has 24 heavy (non-hydrogen) atoms. The molecule has 0 bridgehead atoms. The summed E-state index contributed by atoms with van der Waals surface area (Å²) in [6, 6.07) is 3.49. The van der Waals surface area contributed by atoms with Gasteiger partial charge < -0.3 is 13.9 Å². The zero-order valence-electron chi connectivity index (χ0n) is 13.5. The summed E-state index contributed by atoms with van der Waals surface area (Å²) in [4.78, 5) is 6.32. The summed E-state index contributed by atoms with van der Waals surface area (Å²) >= 11 is 0. The topological polar surface area (TPSA) is 47.7 Å². The zero-order chi connectivity index (χ0) is 17.3. The van der Waals surface area contributed by atoms with Crippen molar-refractivity contribution in [1.82, 2.24) is 9.88 Å². The lowest BCUT2D eigenvalue weighted by Crippen LogP contribution is -2.32. The van der Waals surface area contributed by atoms with Gasteiger partial charge in [0.25, 0.3) is 0 Å². The smallest absolute Gasteiger partial charge is 0.416 e. The van der Waals surface area contributed by atoms with E-state index in [1.54, 1.807) is 14.2 Å². The second-order valence-corrected chi connectivity index (χ2v) is 5.92. The Bertz CT molecular complexity index is 701. The van der Waals surface area contributed by atoms with Gasteiger partial charge in [0, 0.05) is 26.8 Å². The van der Waals surface area contributed by atoms with Gasteiger partial charge in [-0.1, -0.05) is 0 Å². The van der Waals surface area contributed by atoms with Crippen molar-refractivity contribution < 1.29 is 27.1 Å². The van der Waals surface area contributed by atoms with E-state index in [4.69, 9.17) is 13.9 Å². The molecule has 0 aliphatic carbocycles. The van der Waals surface area contributed by atoms with Crippen LogP contribution in [0.3, 0.4) is 0 Å². The molecule has 1 fully saturated rings. The second-order valence-electron chi connectivity index (χ2n) is 5.92.